The van der Waals surface area contributed by atoms with E-state index in [0.717, 1.165) is 27.5 Å². The second-order valence-corrected chi connectivity index (χ2v) is 9.11. The number of nitrogens with zero attached hydrogens (tertiary/aromatic N) is 1. The number of amides is 2. The summed E-state index contributed by atoms with van der Waals surface area (Å²) in [4.78, 5) is 27.9. The molecule has 2 N–H and O–H groups in total. The normalized spacial score (nSPS) is 21.7. The van der Waals surface area contributed by atoms with Crippen molar-refractivity contribution in [1.82, 2.24) is 10.2 Å². The van der Waals surface area contributed by atoms with Crippen molar-refractivity contribution in [3.8, 4) is 0 Å². The molecule has 0 aromatic heterocycles. The first-order chi connectivity index (χ1) is 13.6. The van der Waals surface area contributed by atoms with Crippen molar-refractivity contribution < 1.29 is 14.7 Å². The SMILES string of the molecule is O=C1NC(O)CCC1N1Cc2c(SCCCCCCCCS)cccc2C1=O. The maximum absolute atomic E-state index is 12.8. The fourth-order valence-corrected chi connectivity index (χ4v) is 5.21. The summed E-state index contributed by atoms with van der Waals surface area (Å²) < 4.78 is 0. The summed E-state index contributed by atoms with van der Waals surface area (Å²) in [7, 11) is 0. The number of aliphatic hydroxyl groups is 1. The zero-order valence-electron chi connectivity index (χ0n) is 16.2. The third-order valence-electron chi connectivity index (χ3n) is 5.46. The van der Waals surface area contributed by atoms with Gasteiger partial charge in [-0.1, -0.05) is 31.7 Å². The van der Waals surface area contributed by atoms with Gasteiger partial charge in [-0.25, -0.2) is 0 Å². The molecule has 2 atom stereocenters. The van der Waals surface area contributed by atoms with Gasteiger partial charge >= 0.3 is 0 Å². The molecule has 1 aromatic rings. The van der Waals surface area contributed by atoms with Crippen LogP contribution in [0.2, 0.25) is 0 Å². The van der Waals surface area contributed by atoms with Gasteiger partial charge in [-0.3, -0.25) is 9.59 Å². The van der Waals surface area contributed by atoms with Gasteiger partial charge in [-0.05, 0) is 54.9 Å². The van der Waals surface area contributed by atoms with Gasteiger partial charge in [-0.2, -0.15) is 12.6 Å². The molecule has 28 heavy (non-hydrogen) atoms. The van der Waals surface area contributed by atoms with E-state index in [1.165, 1.54) is 38.5 Å². The fraction of sp³-hybridized carbons (Fsp3) is 0.619. The van der Waals surface area contributed by atoms with E-state index in [2.05, 4.69) is 24.0 Å². The predicted octanol–water partition coefficient (Wildman–Crippen LogP) is 3.60. The second kappa shape index (κ2) is 10.6. The van der Waals surface area contributed by atoms with Gasteiger partial charge in [0.05, 0.1) is 0 Å². The maximum Gasteiger partial charge on any atom is 0.255 e. The van der Waals surface area contributed by atoms with Crippen LogP contribution in [-0.2, 0) is 11.3 Å². The molecule has 2 heterocycles. The molecule has 3 rings (SSSR count). The lowest BCUT2D eigenvalue weighted by Crippen LogP contribution is -2.54. The van der Waals surface area contributed by atoms with Crippen molar-refractivity contribution in [2.75, 3.05) is 11.5 Å². The molecule has 5 nitrogen and oxygen atoms in total. The van der Waals surface area contributed by atoms with Gasteiger partial charge in [0.1, 0.15) is 12.3 Å². The summed E-state index contributed by atoms with van der Waals surface area (Å²) in [5, 5.41) is 12.1. The van der Waals surface area contributed by atoms with Crippen LogP contribution in [0.15, 0.2) is 23.1 Å². The minimum absolute atomic E-state index is 0.0711. The Morgan fingerprint density at radius 3 is 2.61 bits per heavy atom. The van der Waals surface area contributed by atoms with Crippen LogP contribution in [0.3, 0.4) is 0 Å². The van der Waals surface area contributed by atoms with E-state index >= 15 is 0 Å². The van der Waals surface area contributed by atoms with Gasteiger partial charge in [0.25, 0.3) is 5.91 Å². The highest BCUT2D eigenvalue weighted by Crippen LogP contribution is 2.34. The number of hydrogen-bond donors (Lipinski definition) is 3. The van der Waals surface area contributed by atoms with Crippen LogP contribution in [0.4, 0.5) is 0 Å². The van der Waals surface area contributed by atoms with Crippen LogP contribution in [0.1, 0.15) is 67.3 Å². The van der Waals surface area contributed by atoms with Crippen molar-refractivity contribution in [3.05, 3.63) is 29.3 Å². The summed E-state index contributed by atoms with van der Waals surface area (Å²) in [5.41, 5.74) is 1.76. The Morgan fingerprint density at radius 1 is 1.11 bits per heavy atom. The first-order valence-corrected chi connectivity index (χ1v) is 11.9. The standard InChI is InChI=1S/C21H30N2O3S2/c24-19-11-10-17(20(25)22-19)23-14-16-15(21(23)26)8-7-9-18(16)28-13-6-4-2-1-3-5-12-27/h7-9,17,19,24,27H,1-6,10-14H2,(H,22,25). The van der Waals surface area contributed by atoms with Crippen molar-refractivity contribution in [2.45, 2.75) is 75.1 Å². The van der Waals surface area contributed by atoms with Crippen LogP contribution in [0, 0.1) is 0 Å². The number of nitrogens with one attached hydrogen (secondary N) is 1. The van der Waals surface area contributed by atoms with Crippen molar-refractivity contribution in [3.63, 3.8) is 0 Å². The first kappa shape index (κ1) is 21.5. The highest BCUT2D eigenvalue weighted by atomic mass is 32.2. The number of aliphatic hydroxyl groups excluding tert-OH is 1. The molecule has 1 saturated heterocycles. The molecule has 0 radical (unpaired) electrons. The molecule has 2 amide bonds. The fourth-order valence-electron chi connectivity index (χ4n) is 3.89. The van der Waals surface area contributed by atoms with E-state index < -0.39 is 12.3 Å². The van der Waals surface area contributed by atoms with Gasteiger partial charge in [0, 0.05) is 17.0 Å². The van der Waals surface area contributed by atoms with E-state index in [0.29, 0.717) is 19.4 Å². The quantitative estimate of drug-likeness (QED) is 0.306. The molecule has 154 valence electrons. The third-order valence-corrected chi connectivity index (χ3v) is 6.97. The Morgan fingerprint density at radius 2 is 1.86 bits per heavy atom. The van der Waals surface area contributed by atoms with E-state index in [1.54, 1.807) is 4.90 Å². The summed E-state index contributed by atoms with van der Waals surface area (Å²) in [5.74, 6) is 1.70. The summed E-state index contributed by atoms with van der Waals surface area (Å²) in [6.07, 6.45) is 7.63. The van der Waals surface area contributed by atoms with E-state index in [4.69, 9.17) is 0 Å². The monoisotopic (exact) mass is 422 g/mol. The Balaban J connectivity index is 1.53. The van der Waals surface area contributed by atoms with Gasteiger partial charge in [0.2, 0.25) is 5.91 Å². The number of rotatable bonds is 10. The lowest BCUT2D eigenvalue weighted by molar-refractivity contribution is -0.132. The molecule has 0 saturated carbocycles. The van der Waals surface area contributed by atoms with Crippen LogP contribution in [0.25, 0.3) is 0 Å². The zero-order valence-corrected chi connectivity index (χ0v) is 17.9. The molecular weight excluding hydrogens is 392 g/mol. The van der Waals surface area contributed by atoms with E-state index in [-0.39, 0.29) is 11.8 Å². The molecule has 0 aliphatic carbocycles. The summed E-state index contributed by atoms with van der Waals surface area (Å²) >= 11 is 6.06. The number of thioether (sulfide) groups is 1. The van der Waals surface area contributed by atoms with Gasteiger partial charge in [0.15, 0.2) is 0 Å². The average Bonchev–Trinajstić information content (AvgIpc) is 3.01. The topological polar surface area (TPSA) is 69.6 Å². The van der Waals surface area contributed by atoms with E-state index in [1.807, 2.05) is 23.9 Å². The smallest absolute Gasteiger partial charge is 0.255 e. The van der Waals surface area contributed by atoms with Crippen LogP contribution in [0.5, 0.6) is 0 Å². The number of piperidine rings is 1. The molecule has 2 aliphatic heterocycles. The molecule has 1 fully saturated rings. The lowest BCUT2D eigenvalue weighted by Gasteiger charge is -2.32. The predicted molar refractivity (Wildman–Crippen MR) is 116 cm³/mol. The minimum Gasteiger partial charge on any atom is -0.374 e. The molecule has 1 aromatic carbocycles. The van der Waals surface area contributed by atoms with Crippen LogP contribution >= 0.6 is 24.4 Å². The molecule has 2 unspecified atom stereocenters. The number of hydrogen-bond acceptors (Lipinski definition) is 5. The highest BCUT2D eigenvalue weighted by Gasteiger charge is 2.39. The van der Waals surface area contributed by atoms with Crippen molar-refractivity contribution in [2.24, 2.45) is 0 Å². The number of carbonyl (C=O) groups is 2. The van der Waals surface area contributed by atoms with Gasteiger partial charge in [-0.15, -0.1) is 11.8 Å². The van der Waals surface area contributed by atoms with Crippen molar-refractivity contribution in [1.29, 1.82) is 0 Å². The average molecular weight is 423 g/mol. The highest BCUT2D eigenvalue weighted by molar-refractivity contribution is 7.99. The minimum atomic E-state index is -0.798. The van der Waals surface area contributed by atoms with Crippen LogP contribution < -0.4 is 5.32 Å². The van der Waals surface area contributed by atoms with E-state index in [9.17, 15) is 14.7 Å². The lowest BCUT2D eigenvalue weighted by atomic mass is 10.0. The zero-order chi connectivity index (χ0) is 19.9. The second-order valence-electron chi connectivity index (χ2n) is 7.53. The first-order valence-electron chi connectivity index (χ1n) is 10.3. The molecule has 2 aliphatic rings. The Kier molecular flexibility index (Phi) is 8.11. The third kappa shape index (κ3) is 5.24. The van der Waals surface area contributed by atoms with Crippen molar-refractivity contribution >= 4 is 36.2 Å². The Hall–Kier alpha value is -1.18. The maximum atomic E-state index is 12.8. The number of benzene rings is 1. The Labute approximate surface area is 177 Å². The van der Waals surface area contributed by atoms with Gasteiger partial charge < -0.3 is 15.3 Å². The summed E-state index contributed by atoms with van der Waals surface area (Å²) in [6.45, 7) is 0.481. The number of fused-ring (bicyclic) bond motifs is 1. The molecule has 0 spiro atoms. The Bertz CT molecular complexity index is 698. The van der Waals surface area contributed by atoms with Crippen LogP contribution in [-0.4, -0.2) is 45.6 Å². The number of unbranched alkanes of at least 4 members (excludes halogenated alkanes) is 5. The molecule has 7 heteroatoms. The summed E-state index contributed by atoms with van der Waals surface area (Å²) in [6, 6.07) is 5.39. The number of thiol groups is 1. The molecule has 0 bridgehead atoms. The largest absolute Gasteiger partial charge is 0.374 e. The molecular formula is C21H30N2O3S2. The number of carbonyl (C=O) groups excluding carboxylic acids is 2.